The maximum atomic E-state index is 12.1. The summed E-state index contributed by atoms with van der Waals surface area (Å²) in [4.78, 5) is 12.1. The summed E-state index contributed by atoms with van der Waals surface area (Å²) in [5.41, 5.74) is 3.07. The van der Waals surface area contributed by atoms with Crippen LogP contribution < -0.4 is 0 Å². The summed E-state index contributed by atoms with van der Waals surface area (Å²) in [6.45, 7) is 1.92. The molecule has 0 fully saturated rings. The molecular weight excluding hydrogens is 374 g/mol. The van der Waals surface area contributed by atoms with Gasteiger partial charge in [0, 0.05) is 17.3 Å². The molecule has 0 aliphatic carbocycles. The van der Waals surface area contributed by atoms with Gasteiger partial charge in [0.15, 0.2) is 0 Å². The Bertz CT molecular complexity index is 1280. The molecule has 1 heterocycles. The number of carbonyl (C=O) groups excluding carboxylic acids is 1. The van der Waals surface area contributed by atoms with Gasteiger partial charge in [-0.25, -0.2) is 9.48 Å². The SMILES string of the molecule is CCOC(=O)/C(C#N)=C\c1cn(-c2ccccc2)nc1-c1ccc2ccccc2c1. The Hall–Kier alpha value is -4.17. The Morgan fingerprint density at radius 3 is 2.53 bits per heavy atom. The number of aromatic nitrogens is 2. The zero-order chi connectivity index (χ0) is 20.9. The average molecular weight is 393 g/mol. The lowest BCUT2D eigenvalue weighted by atomic mass is 10.0. The van der Waals surface area contributed by atoms with Crippen LogP contribution in [0.5, 0.6) is 0 Å². The van der Waals surface area contributed by atoms with Crippen molar-refractivity contribution in [1.29, 1.82) is 5.26 Å². The highest BCUT2D eigenvalue weighted by Crippen LogP contribution is 2.28. The monoisotopic (exact) mass is 393 g/mol. The number of fused-ring (bicyclic) bond motifs is 1. The first-order chi connectivity index (χ1) is 14.7. The van der Waals surface area contributed by atoms with Crippen LogP contribution in [-0.4, -0.2) is 22.4 Å². The van der Waals surface area contributed by atoms with Crippen molar-refractivity contribution in [2.24, 2.45) is 0 Å². The van der Waals surface area contributed by atoms with Crippen molar-refractivity contribution < 1.29 is 9.53 Å². The summed E-state index contributed by atoms with van der Waals surface area (Å²) < 4.78 is 6.75. The van der Waals surface area contributed by atoms with Crippen molar-refractivity contribution in [1.82, 2.24) is 9.78 Å². The van der Waals surface area contributed by atoms with Crippen LogP contribution in [0.2, 0.25) is 0 Å². The van der Waals surface area contributed by atoms with E-state index in [1.165, 1.54) is 6.08 Å². The molecule has 0 aliphatic rings. The standard InChI is InChI=1S/C25H19N3O2/c1-2-30-25(29)21(16-26)15-22-17-28(23-10-4-3-5-11-23)27-24(22)20-13-12-18-8-6-7-9-19(18)14-20/h3-15,17H,2H2,1H3/b21-15-. The van der Waals surface area contributed by atoms with E-state index in [0.717, 1.165) is 22.0 Å². The van der Waals surface area contributed by atoms with Crippen LogP contribution in [0.15, 0.2) is 84.6 Å². The van der Waals surface area contributed by atoms with Gasteiger partial charge in [-0.15, -0.1) is 0 Å². The quantitative estimate of drug-likeness (QED) is 0.267. The summed E-state index contributed by atoms with van der Waals surface area (Å²) in [6.07, 6.45) is 3.35. The molecule has 5 nitrogen and oxygen atoms in total. The largest absolute Gasteiger partial charge is 0.462 e. The lowest BCUT2D eigenvalue weighted by Gasteiger charge is -2.04. The molecule has 1 aromatic heterocycles. The van der Waals surface area contributed by atoms with E-state index in [1.54, 1.807) is 11.6 Å². The van der Waals surface area contributed by atoms with E-state index in [1.807, 2.05) is 72.9 Å². The van der Waals surface area contributed by atoms with Crippen molar-refractivity contribution in [3.63, 3.8) is 0 Å². The molecule has 0 spiro atoms. The third-order valence-corrected chi connectivity index (χ3v) is 4.70. The first-order valence-electron chi connectivity index (χ1n) is 9.63. The lowest BCUT2D eigenvalue weighted by molar-refractivity contribution is -0.137. The summed E-state index contributed by atoms with van der Waals surface area (Å²) in [5.74, 6) is -0.642. The minimum absolute atomic E-state index is 0.0634. The van der Waals surface area contributed by atoms with E-state index in [9.17, 15) is 10.1 Å². The second kappa shape index (κ2) is 8.46. The molecule has 0 amide bonds. The number of esters is 1. The van der Waals surface area contributed by atoms with Gasteiger partial charge in [0.1, 0.15) is 17.3 Å². The Kier molecular flexibility index (Phi) is 5.40. The van der Waals surface area contributed by atoms with Gasteiger partial charge < -0.3 is 4.74 Å². The molecule has 146 valence electrons. The Labute approximate surface area is 174 Å². The van der Waals surface area contributed by atoms with Crippen molar-refractivity contribution in [3.8, 4) is 23.0 Å². The maximum absolute atomic E-state index is 12.1. The van der Waals surface area contributed by atoms with Crippen LogP contribution in [0.3, 0.4) is 0 Å². The molecule has 0 bridgehead atoms. The Morgan fingerprint density at radius 1 is 1.07 bits per heavy atom. The van der Waals surface area contributed by atoms with Crippen molar-refractivity contribution in [2.75, 3.05) is 6.61 Å². The predicted octanol–water partition coefficient (Wildman–Crippen LogP) is 5.16. The molecule has 0 atom stereocenters. The van der Waals surface area contributed by atoms with E-state index in [4.69, 9.17) is 9.84 Å². The average Bonchev–Trinajstić information content (AvgIpc) is 3.21. The molecule has 4 rings (SSSR count). The maximum Gasteiger partial charge on any atom is 0.348 e. The number of rotatable bonds is 5. The van der Waals surface area contributed by atoms with Crippen molar-refractivity contribution in [3.05, 3.63) is 90.1 Å². The van der Waals surface area contributed by atoms with Gasteiger partial charge in [-0.2, -0.15) is 10.4 Å². The van der Waals surface area contributed by atoms with Gasteiger partial charge in [-0.05, 0) is 42.0 Å². The summed E-state index contributed by atoms with van der Waals surface area (Å²) in [6, 6.07) is 25.8. The molecule has 0 N–H and O–H groups in total. The number of para-hydroxylation sites is 1. The number of carbonyl (C=O) groups is 1. The lowest BCUT2D eigenvalue weighted by Crippen LogP contribution is -2.06. The fraction of sp³-hybridized carbons (Fsp3) is 0.0800. The fourth-order valence-corrected chi connectivity index (χ4v) is 3.27. The summed E-state index contributed by atoms with van der Waals surface area (Å²) in [7, 11) is 0. The van der Waals surface area contributed by atoms with Gasteiger partial charge >= 0.3 is 5.97 Å². The normalized spacial score (nSPS) is 11.3. The summed E-state index contributed by atoms with van der Waals surface area (Å²) >= 11 is 0. The summed E-state index contributed by atoms with van der Waals surface area (Å²) in [5, 5.41) is 16.4. The second-order valence-electron chi connectivity index (χ2n) is 6.67. The zero-order valence-electron chi connectivity index (χ0n) is 16.4. The highest BCUT2D eigenvalue weighted by molar-refractivity contribution is 5.99. The molecule has 4 aromatic rings. The molecule has 30 heavy (non-hydrogen) atoms. The zero-order valence-corrected chi connectivity index (χ0v) is 16.4. The predicted molar refractivity (Wildman–Crippen MR) is 117 cm³/mol. The number of benzene rings is 3. The highest BCUT2D eigenvalue weighted by atomic mass is 16.5. The number of nitriles is 1. The van der Waals surface area contributed by atoms with E-state index in [2.05, 4.69) is 12.1 Å². The molecule has 0 aliphatic heterocycles. The van der Waals surface area contributed by atoms with E-state index < -0.39 is 5.97 Å². The number of ether oxygens (including phenoxy) is 1. The van der Waals surface area contributed by atoms with Crippen LogP contribution in [-0.2, 0) is 9.53 Å². The second-order valence-corrected chi connectivity index (χ2v) is 6.67. The van der Waals surface area contributed by atoms with Crippen LogP contribution in [0.25, 0.3) is 33.8 Å². The van der Waals surface area contributed by atoms with Crippen LogP contribution in [0.1, 0.15) is 12.5 Å². The smallest absolute Gasteiger partial charge is 0.348 e. The van der Waals surface area contributed by atoms with Gasteiger partial charge in [0.2, 0.25) is 0 Å². The van der Waals surface area contributed by atoms with Crippen molar-refractivity contribution in [2.45, 2.75) is 6.92 Å². The molecular formula is C25H19N3O2. The first kappa shape index (κ1) is 19.2. The molecule has 0 saturated carbocycles. The number of nitrogens with zero attached hydrogens (tertiary/aromatic N) is 3. The van der Waals surface area contributed by atoms with Crippen LogP contribution in [0.4, 0.5) is 0 Å². The minimum atomic E-state index is -0.642. The van der Waals surface area contributed by atoms with Gasteiger partial charge in [-0.3, -0.25) is 0 Å². The third-order valence-electron chi connectivity index (χ3n) is 4.70. The topological polar surface area (TPSA) is 67.9 Å². The first-order valence-corrected chi connectivity index (χ1v) is 9.63. The van der Waals surface area contributed by atoms with Gasteiger partial charge in [0.05, 0.1) is 12.3 Å². The third kappa shape index (κ3) is 3.85. The highest BCUT2D eigenvalue weighted by Gasteiger charge is 2.16. The molecule has 3 aromatic carbocycles. The van der Waals surface area contributed by atoms with Gasteiger partial charge in [0.25, 0.3) is 0 Å². The molecule has 0 unspecified atom stereocenters. The van der Waals surface area contributed by atoms with Crippen molar-refractivity contribution >= 4 is 22.8 Å². The molecule has 0 saturated heterocycles. The molecule has 5 heteroatoms. The minimum Gasteiger partial charge on any atom is -0.462 e. The fourth-order valence-electron chi connectivity index (χ4n) is 3.27. The van der Waals surface area contributed by atoms with E-state index in [0.29, 0.717) is 11.3 Å². The number of hydrogen-bond acceptors (Lipinski definition) is 4. The van der Waals surface area contributed by atoms with Gasteiger partial charge in [-0.1, -0.05) is 54.6 Å². The number of hydrogen-bond donors (Lipinski definition) is 0. The van der Waals surface area contributed by atoms with E-state index >= 15 is 0 Å². The van der Waals surface area contributed by atoms with Crippen LogP contribution >= 0.6 is 0 Å². The van der Waals surface area contributed by atoms with Crippen LogP contribution in [0, 0.1) is 11.3 Å². The van der Waals surface area contributed by atoms with E-state index in [-0.39, 0.29) is 12.2 Å². The Balaban J connectivity index is 1.88. The Morgan fingerprint density at radius 2 is 1.80 bits per heavy atom. The molecule has 0 radical (unpaired) electrons.